The van der Waals surface area contributed by atoms with E-state index in [1.807, 2.05) is 73.8 Å². The van der Waals surface area contributed by atoms with Crippen LogP contribution in [-0.2, 0) is 30.2 Å². The molecule has 8 nitrogen and oxygen atoms in total. The first-order chi connectivity index (χ1) is 21.1. The van der Waals surface area contributed by atoms with Crippen LogP contribution in [-0.4, -0.2) is 53.8 Å². The van der Waals surface area contributed by atoms with Crippen molar-refractivity contribution in [3.05, 3.63) is 95.2 Å². The maximum absolute atomic E-state index is 14.0. The van der Waals surface area contributed by atoms with Gasteiger partial charge in [0.15, 0.2) is 0 Å². The zero-order chi connectivity index (χ0) is 31.4. The molecule has 2 amide bonds. The van der Waals surface area contributed by atoms with E-state index in [0.29, 0.717) is 24.9 Å². The molecule has 1 fully saturated rings. The zero-order valence-corrected chi connectivity index (χ0v) is 26.4. The number of aryl methyl sites for hydroxylation is 2. The van der Waals surface area contributed by atoms with E-state index in [1.54, 1.807) is 12.0 Å². The van der Waals surface area contributed by atoms with Crippen molar-refractivity contribution in [2.75, 3.05) is 25.1 Å². The van der Waals surface area contributed by atoms with Gasteiger partial charge in [-0.05, 0) is 74.1 Å². The number of anilines is 1. The highest BCUT2D eigenvalue weighted by Crippen LogP contribution is 2.34. The van der Waals surface area contributed by atoms with Gasteiger partial charge in [-0.15, -0.1) is 0 Å². The van der Waals surface area contributed by atoms with Gasteiger partial charge >= 0.3 is 0 Å². The maximum Gasteiger partial charge on any atom is 0.251 e. The lowest BCUT2D eigenvalue weighted by Crippen LogP contribution is -2.51. The van der Waals surface area contributed by atoms with E-state index in [9.17, 15) is 14.7 Å². The average molecular weight is 597 g/mol. The molecule has 44 heavy (non-hydrogen) atoms. The molecule has 1 saturated heterocycles. The molecule has 1 aromatic heterocycles. The fraction of sp³-hybridized carbons (Fsp3) is 0.389. The number of amides is 2. The van der Waals surface area contributed by atoms with Crippen molar-refractivity contribution in [3.63, 3.8) is 0 Å². The summed E-state index contributed by atoms with van der Waals surface area (Å²) in [5.41, 5.74) is 4.90. The molecule has 232 valence electrons. The third-order valence-electron chi connectivity index (χ3n) is 8.77. The van der Waals surface area contributed by atoms with Crippen LogP contribution in [0.2, 0.25) is 0 Å². The fourth-order valence-corrected chi connectivity index (χ4v) is 6.14. The SMILES string of the molecule is CCc1cn(C)c2c(N3CCCC3=O)cc(C(=O)N[C@@H](Cc3ccccc3)[C@@H](O)CNC(C)(C)c3cccc(OC)c3)cc12. The molecule has 3 aromatic carbocycles. The molecule has 3 N–H and O–H groups in total. The summed E-state index contributed by atoms with van der Waals surface area (Å²) in [4.78, 5) is 28.6. The minimum Gasteiger partial charge on any atom is -0.497 e. The molecule has 0 aliphatic carbocycles. The summed E-state index contributed by atoms with van der Waals surface area (Å²) in [5.74, 6) is 0.562. The smallest absolute Gasteiger partial charge is 0.251 e. The number of benzene rings is 3. The van der Waals surface area contributed by atoms with Crippen LogP contribution in [0.3, 0.4) is 0 Å². The van der Waals surface area contributed by atoms with Gasteiger partial charge < -0.3 is 29.9 Å². The first kappa shape index (κ1) is 31.3. The highest BCUT2D eigenvalue weighted by Gasteiger charge is 2.29. The van der Waals surface area contributed by atoms with E-state index in [1.165, 1.54) is 0 Å². The van der Waals surface area contributed by atoms with E-state index < -0.39 is 17.7 Å². The van der Waals surface area contributed by atoms with Crippen LogP contribution in [0.5, 0.6) is 5.75 Å². The van der Waals surface area contributed by atoms with Crippen molar-refractivity contribution in [2.45, 2.75) is 64.1 Å². The van der Waals surface area contributed by atoms with Gasteiger partial charge in [0, 0.05) is 49.2 Å². The Bertz CT molecular complexity index is 1630. The van der Waals surface area contributed by atoms with Gasteiger partial charge in [0.05, 0.1) is 30.5 Å². The molecule has 1 aliphatic heterocycles. The summed E-state index contributed by atoms with van der Waals surface area (Å²) in [6, 6.07) is 20.9. The normalized spacial score (nSPS) is 15.0. The van der Waals surface area contributed by atoms with Crippen LogP contribution in [0.4, 0.5) is 5.69 Å². The van der Waals surface area contributed by atoms with Gasteiger partial charge in [0.2, 0.25) is 5.91 Å². The van der Waals surface area contributed by atoms with E-state index in [0.717, 1.165) is 51.9 Å². The lowest BCUT2D eigenvalue weighted by molar-refractivity contribution is -0.117. The number of carbonyl (C=O) groups excluding carboxylic acids is 2. The van der Waals surface area contributed by atoms with Gasteiger partial charge in [-0.1, -0.05) is 49.4 Å². The summed E-state index contributed by atoms with van der Waals surface area (Å²) in [6.45, 7) is 7.10. The Morgan fingerprint density at radius 3 is 2.55 bits per heavy atom. The standard InChI is InChI=1S/C36H44N4O4/c1-6-25-23-39(4)34-29(25)19-26(20-31(34)40-17-11-16-33(40)42)35(43)38-30(18-24-12-8-7-9-13-24)32(41)22-37-36(2,3)27-14-10-15-28(21-27)44-5/h7-10,12-15,19-21,23,30,32,37,41H,6,11,16-18,22H2,1-5H3,(H,38,43)/t30-,32-/m0/s1. The third-order valence-corrected chi connectivity index (χ3v) is 8.77. The number of aliphatic hydroxyl groups is 1. The molecule has 0 saturated carbocycles. The highest BCUT2D eigenvalue weighted by molar-refractivity contribution is 6.08. The largest absolute Gasteiger partial charge is 0.497 e. The van der Waals surface area contributed by atoms with Crippen LogP contribution in [0.1, 0.15) is 60.7 Å². The minimum atomic E-state index is -0.879. The lowest BCUT2D eigenvalue weighted by atomic mass is 9.93. The van der Waals surface area contributed by atoms with Crippen LogP contribution in [0, 0.1) is 0 Å². The number of carbonyl (C=O) groups is 2. The predicted molar refractivity (Wildman–Crippen MR) is 175 cm³/mol. The fourth-order valence-electron chi connectivity index (χ4n) is 6.14. The molecule has 4 aromatic rings. The Hall–Kier alpha value is -4.14. The molecular formula is C36H44N4O4. The number of aliphatic hydroxyl groups excluding tert-OH is 1. The number of rotatable bonds is 12. The van der Waals surface area contributed by atoms with Crippen molar-refractivity contribution in [2.24, 2.45) is 7.05 Å². The minimum absolute atomic E-state index is 0.0743. The predicted octanol–water partition coefficient (Wildman–Crippen LogP) is 5.10. The molecule has 0 radical (unpaired) electrons. The number of aromatic nitrogens is 1. The number of hydrogen-bond donors (Lipinski definition) is 3. The van der Waals surface area contributed by atoms with Crippen molar-refractivity contribution in [1.29, 1.82) is 0 Å². The van der Waals surface area contributed by atoms with E-state index in [2.05, 4.69) is 42.2 Å². The van der Waals surface area contributed by atoms with Crippen LogP contribution in [0.25, 0.3) is 10.9 Å². The van der Waals surface area contributed by atoms with Gasteiger partial charge in [0.1, 0.15) is 5.75 Å². The lowest BCUT2D eigenvalue weighted by Gasteiger charge is -2.31. The average Bonchev–Trinajstić information content (AvgIpc) is 3.61. The quantitative estimate of drug-likeness (QED) is 0.212. The van der Waals surface area contributed by atoms with Crippen molar-refractivity contribution in [1.82, 2.24) is 15.2 Å². The van der Waals surface area contributed by atoms with Crippen molar-refractivity contribution in [3.8, 4) is 5.75 Å². The van der Waals surface area contributed by atoms with E-state index in [4.69, 9.17) is 4.74 Å². The topological polar surface area (TPSA) is 95.8 Å². The van der Waals surface area contributed by atoms with Crippen molar-refractivity contribution >= 4 is 28.4 Å². The second kappa shape index (κ2) is 13.2. The molecule has 0 bridgehead atoms. The molecule has 2 heterocycles. The second-order valence-corrected chi connectivity index (χ2v) is 12.2. The second-order valence-electron chi connectivity index (χ2n) is 12.2. The molecule has 1 aliphatic rings. The first-order valence-corrected chi connectivity index (χ1v) is 15.5. The van der Waals surface area contributed by atoms with Crippen LogP contribution in [0.15, 0.2) is 72.9 Å². The molecule has 2 atom stereocenters. The zero-order valence-electron chi connectivity index (χ0n) is 26.4. The molecule has 8 heteroatoms. The summed E-state index contributed by atoms with van der Waals surface area (Å²) < 4.78 is 7.46. The van der Waals surface area contributed by atoms with Gasteiger partial charge in [-0.2, -0.15) is 0 Å². The Kier molecular flexibility index (Phi) is 9.42. The first-order valence-electron chi connectivity index (χ1n) is 15.5. The maximum atomic E-state index is 14.0. The van der Waals surface area contributed by atoms with Crippen LogP contribution >= 0.6 is 0 Å². The van der Waals surface area contributed by atoms with Gasteiger partial charge in [-0.3, -0.25) is 9.59 Å². The van der Waals surface area contributed by atoms with Crippen LogP contribution < -0.4 is 20.3 Å². The number of ether oxygens (including phenoxy) is 1. The number of methoxy groups -OCH3 is 1. The number of hydrogen-bond acceptors (Lipinski definition) is 5. The Morgan fingerprint density at radius 1 is 1.09 bits per heavy atom. The number of nitrogens with zero attached hydrogens (tertiary/aromatic N) is 2. The summed E-state index contributed by atoms with van der Waals surface area (Å²) >= 11 is 0. The number of nitrogens with one attached hydrogen (secondary N) is 2. The third kappa shape index (κ3) is 6.66. The Balaban J connectivity index is 1.43. The Labute approximate surface area is 260 Å². The molecular weight excluding hydrogens is 552 g/mol. The van der Waals surface area contributed by atoms with Gasteiger partial charge in [-0.25, -0.2) is 0 Å². The highest BCUT2D eigenvalue weighted by atomic mass is 16.5. The van der Waals surface area contributed by atoms with E-state index in [-0.39, 0.29) is 18.4 Å². The molecule has 5 rings (SSSR count). The Morgan fingerprint density at radius 2 is 1.86 bits per heavy atom. The monoisotopic (exact) mass is 596 g/mol. The summed E-state index contributed by atoms with van der Waals surface area (Å²) in [5, 5.41) is 19.2. The van der Waals surface area contributed by atoms with Crippen molar-refractivity contribution < 1.29 is 19.4 Å². The molecule has 0 unspecified atom stereocenters. The summed E-state index contributed by atoms with van der Waals surface area (Å²) in [6.07, 6.45) is 3.77. The molecule has 0 spiro atoms. The number of fused-ring (bicyclic) bond motifs is 1. The van der Waals surface area contributed by atoms with Gasteiger partial charge in [0.25, 0.3) is 5.91 Å². The summed E-state index contributed by atoms with van der Waals surface area (Å²) in [7, 11) is 3.63. The van der Waals surface area contributed by atoms with E-state index >= 15 is 0 Å².